The summed E-state index contributed by atoms with van der Waals surface area (Å²) in [7, 11) is 1.88. The van der Waals surface area contributed by atoms with Gasteiger partial charge in [-0.2, -0.15) is 0 Å². The van der Waals surface area contributed by atoms with E-state index in [2.05, 4.69) is 25.8 Å². The van der Waals surface area contributed by atoms with Crippen LogP contribution in [0, 0.1) is 0 Å². The molecule has 142 valence electrons. The van der Waals surface area contributed by atoms with Crippen LogP contribution in [-0.2, 0) is 13.6 Å². The minimum absolute atomic E-state index is 0.125. The Morgan fingerprint density at radius 2 is 2.00 bits per heavy atom. The third-order valence-electron chi connectivity index (χ3n) is 3.63. The molecule has 0 aliphatic carbocycles. The van der Waals surface area contributed by atoms with Crippen molar-refractivity contribution in [2.75, 3.05) is 13.1 Å². The summed E-state index contributed by atoms with van der Waals surface area (Å²) in [6.07, 6.45) is 1.11. The molecule has 0 aliphatic heterocycles. The first-order valence-electron chi connectivity index (χ1n) is 8.79. The van der Waals surface area contributed by atoms with Gasteiger partial charge in [0.1, 0.15) is 18.6 Å². The molecule has 0 aliphatic rings. The van der Waals surface area contributed by atoms with Crippen molar-refractivity contribution < 1.29 is 9.84 Å². The van der Waals surface area contributed by atoms with E-state index < -0.39 is 6.10 Å². The van der Waals surface area contributed by atoms with Gasteiger partial charge in [-0.1, -0.05) is 12.1 Å². The number of aliphatic hydroxyl groups excluding tert-OH is 1. The lowest BCUT2D eigenvalue weighted by molar-refractivity contribution is 0.180. The summed E-state index contributed by atoms with van der Waals surface area (Å²) in [4.78, 5) is 4.47. The molecule has 2 aromatic rings. The maximum absolute atomic E-state index is 10.4. The lowest BCUT2D eigenvalue weighted by Crippen LogP contribution is -2.39. The van der Waals surface area contributed by atoms with Crippen LogP contribution in [-0.4, -0.2) is 45.0 Å². The number of ether oxygens (including phenoxy) is 1. The van der Waals surface area contributed by atoms with Crippen molar-refractivity contribution in [1.29, 1.82) is 0 Å². The number of hydrogen-bond donors (Lipinski definition) is 3. The summed E-state index contributed by atoms with van der Waals surface area (Å²) in [5, 5.41) is 24.5. The molecule has 26 heavy (non-hydrogen) atoms. The van der Waals surface area contributed by atoms with Crippen LogP contribution in [0.1, 0.15) is 38.3 Å². The highest BCUT2D eigenvalue weighted by molar-refractivity contribution is 5.79. The summed E-state index contributed by atoms with van der Waals surface area (Å²) in [5.41, 5.74) is 0.817. The number of guanidine groups is 1. The predicted octanol–water partition coefficient (Wildman–Crippen LogP) is 1.39. The van der Waals surface area contributed by atoms with E-state index in [9.17, 15) is 5.11 Å². The van der Waals surface area contributed by atoms with Crippen molar-refractivity contribution in [3.63, 3.8) is 0 Å². The Labute approximate surface area is 154 Å². The van der Waals surface area contributed by atoms with E-state index >= 15 is 0 Å². The highest BCUT2D eigenvalue weighted by Crippen LogP contribution is 2.18. The smallest absolute Gasteiger partial charge is 0.191 e. The summed E-state index contributed by atoms with van der Waals surface area (Å²) in [5.74, 6) is 2.18. The quantitative estimate of drug-likeness (QED) is 0.486. The number of rotatable bonds is 8. The molecule has 1 aromatic carbocycles. The fraction of sp³-hybridized carbons (Fsp3) is 0.500. The van der Waals surface area contributed by atoms with Gasteiger partial charge in [0.2, 0.25) is 0 Å². The molecule has 0 saturated carbocycles. The molecule has 0 fully saturated rings. The van der Waals surface area contributed by atoms with E-state index in [1.54, 1.807) is 6.33 Å². The molecule has 1 atom stereocenters. The number of nitrogens with zero attached hydrogens (tertiary/aromatic N) is 4. The average molecular weight is 360 g/mol. The van der Waals surface area contributed by atoms with Crippen LogP contribution < -0.4 is 15.4 Å². The molecule has 0 amide bonds. The molecule has 1 heterocycles. The van der Waals surface area contributed by atoms with Crippen LogP contribution in [0.5, 0.6) is 5.75 Å². The zero-order valence-electron chi connectivity index (χ0n) is 15.8. The van der Waals surface area contributed by atoms with Gasteiger partial charge >= 0.3 is 0 Å². The summed E-state index contributed by atoms with van der Waals surface area (Å²) < 4.78 is 7.44. The zero-order chi connectivity index (χ0) is 18.9. The molecule has 8 heteroatoms. The average Bonchev–Trinajstić information content (AvgIpc) is 3.02. The minimum Gasteiger partial charge on any atom is -0.491 e. The van der Waals surface area contributed by atoms with E-state index in [0.29, 0.717) is 19.0 Å². The van der Waals surface area contributed by atoms with Gasteiger partial charge in [-0.3, -0.25) is 0 Å². The van der Waals surface area contributed by atoms with E-state index in [1.165, 1.54) is 0 Å². The maximum atomic E-state index is 10.4. The maximum Gasteiger partial charge on any atom is 0.191 e. The molecule has 0 radical (unpaired) electrons. The number of aliphatic imine (C=N–C) groups is 1. The second-order valence-electron chi connectivity index (χ2n) is 6.19. The minimum atomic E-state index is -0.651. The first-order valence-corrected chi connectivity index (χ1v) is 8.79. The molecular weight excluding hydrogens is 332 g/mol. The van der Waals surface area contributed by atoms with E-state index in [1.807, 2.05) is 56.7 Å². The lowest BCUT2D eigenvalue weighted by Gasteiger charge is -2.16. The van der Waals surface area contributed by atoms with Crippen molar-refractivity contribution in [2.24, 2.45) is 12.0 Å². The third kappa shape index (κ3) is 6.03. The van der Waals surface area contributed by atoms with Crippen LogP contribution in [0.3, 0.4) is 0 Å². The van der Waals surface area contributed by atoms with Crippen LogP contribution in [0.2, 0.25) is 0 Å². The molecular formula is C18H28N6O2. The van der Waals surface area contributed by atoms with Gasteiger partial charge in [-0.15, -0.1) is 10.2 Å². The summed E-state index contributed by atoms with van der Waals surface area (Å²) >= 11 is 0. The van der Waals surface area contributed by atoms with Crippen molar-refractivity contribution in [1.82, 2.24) is 25.4 Å². The fourth-order valence-corrected chi connectivity index (χ4v) is 2.29. The monoisotopic (exact) mass is 360 g/mol. The number of aryl methyl sites for hydroxylation is 1. The molecule has 0 saturated heterocycles. The molecule has 3 N–H and O–H groups in total. The number of nitrogens with one attached hydrogen (secondary N) is 2. The van der Waals surface area contributed by atoms with Crippen molar-refractivity contribution in [3.05, 3.63) is 42.0 Å². The Morgan fingerprint density at radius 3 is 2.58 bits per heavy atom. The number of hydrogen-bond acceptors (Lipinski definition) is 5. The second-order valence-corrected chi connectivity index (χ2v) is 6.19. The van der Waals surface area contributed by atoms with Gasteiger partial charge in [0.15, 0.2) is 11.8 Å². The molecule has 0 spiro atoms. The molecule has 1 aromatic heterocycles. The predicted molar refractivity (Wildman–Crippen MR) is 101 cm³/mol. The Kier molecular flexibility index (Phi) is 7.40. The molecule has 1 unspecified atom stereocenters. The van der Waals surface area contributed by atoms with Gasteiger partial charge in [0.25, 0.3) is 0 Å². The Morgan fingerprint density at radius 1 is 1.27 bits per heavy atom. The van der Waals surface area contributed by atoms with Crippen LogP contribution >= 0.6 is 0 Å². The largest absolute Gasteiger partial charge is 0.491 e. The van der Waals surface area contributed by atoms with Crippen molar-refractivity contribution in [3.8, 4) is 5.75 Å². The first-order chi connectivity index (χ1) is 12.5. The van der Waals surface area contributed by atoms with Crippen molar-refractivity contribution in [2.45, 2.75) is 39.5 Å². The topological polar surface area (TPSA) is 96.6 Å². The Hall–Kier alpha value is -2.61. The lowest BCUT2D eigenvalue weighted by atomic mass is 10.1. The zero-order valence-corrected chi connectivity index (χ0v) is 15.8. The van der Waals surface area contributed by atoms with Crippen LogP contribution in [0.15, 0.2) is 35.6 Å². The van der Waals surface area contributed by atoms with E-state index in [4.69, 9.17) is 4.74 Å². The second kappa shape index (κ2) is 9.76. The fourth-order valence-electron chi connectivity index (χ4n) is 2.29. The Bertz CT molecular complexity index is 696. The van der Waals surface area contributed by atoms with Gasteiger partial charge < -0.3 is 25.0 Å². The third-order valence-corrected chi connectivity index (χ3v) is 3.63. The van der Waals surface area contributed by atoms with Gasteiger partial charge in [-0.25, -0.2) is 4.99 Å². The molecule has 8 nitrogen and oxygen atoms in total. The number of benzene rings is 1. The SMILES string of the molecule is CCNC(=NCc1nncn1C)NCC(O)c1ccc(OC(C)C)cc1. The van der Waals surface area contributed by atoms with Gasteiger partial charge in [0, 0.05) is 20.1 Å². The van der Waals surface area contributed by atoms with E-state index in [0.717, 1.165) is 23.7 Å². The molecule has 0 bridgehead atoms. The van der Waals surface area contributed by atoms with Crippen LogP contribution in [0.25, 0.3) is 0 Å². The number of aliphatic hydroxyl groups is 1. The van der Waals surface area contributed by atoms with Gasteiger partial charge in [-0.05, 0) is 38.5 Å². The highest BCUT2D eigenvalue weighted by Gasteiger charge is 2.09. The Balaban J connectivity index is 1.91. The van der Waals surface area contributed by atoms with Crippen LogP contribution in [0.4, 0.5) is 0 Å². The van der Waals surface area contributed by atoms with Gasteiger partial charge in [0.05, 0.1) is 12.2 Å². The number of aromatic nitrogens is 3. The highest BCUT2D eigenvalue weighted by atomic mass is 16.5. The summed E-state index contributed by atoms with van der Waals surface area (Å²) in [6.45, 7) is 7.42. The molecule has 2 rings (SSSR count). The van der Waals surface area contributed by atoms with Crippen molar-refractivity contribution >= 4 is 5.96 Å². The summed E-state index contributed by atoms with van der Waals surface area (Å²) in [6, 6.07) is 7.47. The first kappa shape index (κ1) is 19.7. The van der Waals surface area contributed by atoms with E-state index in [-0.39, 0.29) is 6.10 Å². The normalized spacial score (nSPS) is 12.9. The standard InChI is InChI=1S/C18H28N6O2/c1-5-19-18(21-11-17-23-22-12-24(17)4)20-10-16(25)14-6-8-15(9-7-14)26-13(2)3/h6-9,12-13,16,25H,5,10-11H2,1-4H3,(H2,19,20,21).